The number of hydrogen-bond donors (Lipinski definition) is 1. The van der Waals surface area contributed by atoms with Crippen LogP contribution in [0.15, 0.2) is 36.4 Å². The average Bonchev–Trinajstić information content (AvgIpc) is 3.00. The summed E-state index contributed by atoms with van der Waals surface area (Å²) in [7, 11) is 0. The lowest BCUT2D eigenvalue weighted by atomic mass is 10.1. The predicted octanol–water partition coefficient (Wildman–Crippen LogP) is 3.86. The van der Waals surface area contributed by atoms with E-state index in [9.17, 15) is 19.7 Å². The first-order valence-electron chi connectivity index (χ1n) is 8.38. The van der Waals surface area contributed by atoms with Crippen molar-refractivity contribution in [3.8, 4) is 0 Å². The fourth-order valence-corrected chi connectivity index (χ4v) is 3.29. The molecule has 0 saturated carbocycles. The third kappa shape index (κ3) is 3.93. The molecule has 1 fully saturated rings. The summed E-state index contributed by atoms with van der Waals surface area (Å²) in [6, 6.07) is 9.90. The van der Waals surface area contributed by atoms with Crippen molar-refractivity contribution in [1.82, 2.24) is 0 Å². The van der Waals surface area contributed by atoms with Crippen molar-refractivity contribution in [2.75, 3.05) is 16.8 Å². The highest BCUT2D eigenvalue weighted by Gasteiger charge is 2.35. The standard InChI is InChI=1S/C19H18ClN3O4/c1-11-3-4-12(2)16(7-11)22-10-13(8-18(22)24)19(25)21-14-5-6-15(20)17(9-14)23(26)27/h3-7,9,13H,8,10H2,1-2H3,(H,21,25). The Balaban J connectivity index is 1.75. The van der Waals surface area contributed by atoms with Gasteiger partial charge >= 0.3 is 0 Å². The fourth-order valence-electron chi connectivity index (χ4n) is 3.10. The molecule has 1 aliphatic heterocycles. The molecule has 0 aromatic heterocycles. The molecule has 0 bridgehead atoms. The minimum Gasteiger partial charge on any atom is -0.326 e. The number of hydrogen-bond acceptors (Lipinski definition) is 4. The fraction of sp³-hybridized carbons (Fsp3) is 0.263. The third-order valence-corrected chi connectivity index (χ3v) is 4.88. The van der Waals surface area contributed by atoms with Crippen LogP contribution in [0.3, 0.4) is 0 Å². The van der Waals surface area contributed by atoms with E-state index in [2.05, 4.69) is 5.32 Å². The summed E-state index contributed by atoms with van der Waals surface area (Å²) in [5.74, 6) is -1.01. The van der Waals surface area contributed by atoms with Crippen molar-refractivity contribution in [3.63, 3.8) is 0 Å². The van der Waals surface area contributed by atoms with Gasteiger partial charge in [-0.05, 0) is 43.2 Å². The van der Waals surface area contributed by atoms with Crippen molar-refractivity contribution in [3.05, 3.63) is 62.7 Å². The maximum atomic E-state index is 12.6. The van der Waals surface area contributed by atoms with E-state index in [1.807, 2.05) is 32.0 Å². The van der Waals surface area contributed by atoms with E-state index in [1.165, 1.54) is 18.2 Å². The second-order valence-electron chi connectivity index (χ2n) is 6.61. The maximum absolute atomic E-state index is 12.6. The third-order valence-electron chi connectivity index (χ3n) is 4.56. The lowest BCUT2D eigenvalue weighted by Gasteiger charge is -2.19. The van der Waals surface area contributed by atoms with Crippen molar-refractivity contribution in [1.29, 1.82) is 0 Å². The largest absolute Gasteiger partial charge is 0.326 e. The molecule has 2 amide bonds. The predicted molar refractivity (Wildman–Crippen MR) is 103 cm³/mol. The van der Waals surface area contributed by atoms with Gasteiger partial charge in [0.1, 0.15) is 5.02 Å². The second-order valence-corrected chi connectivity index (χ2v) is 7.02. The van der Waals surface area contributed by atoms with Gasteiger partial charge in [-0.2, -0.15) is 0 Å². The van der Waals surface area contributed by atoms with Gasteiger partial charge in [0.05, 0.1) is 10.8 Å². The molecule has 0 radical (unpaired) electrons. The number of carbonyl (C=O) groups excluding carboxylic acids is 2. The van der Waals surface area contributed by atoms with Gasteiger partial charge in [-0.25, -0.2) is 0 Å². The van der Waals surface area contributed by atoms with Crippen LogP contribution in [0.25, 0.3) is 0 Å². The Kier molecular flexibility index (Phi) is 5.14. The van der Waals surface area contributed by atoms with Gasteiger partial charge < -0.3 is 10.2 Å². The molecule has 3 rings (SSSR count). The van der Waals surface area contributed by atoms with Crippen LogP contribution < -0.4 is 10.2 Å². The smallest absolute Gasteiger partial charge is 0.289 e. The Hall–Kier alpha value is -2.93. The number of amides is 2. The van der Waals surface area contributed by atoms with Crippen LogP contribution in [0.2, 0.25) is 5.02 Å². The Labute approximate surface area is 161 Å². The van der Waals surface area contributed by atoms with E-state index in [0.717, 1.165) is 16.8 Å². The molecule has 0 aliphatic carbocycles. The van der Waals surface area contributed by atoms with Crippen LogP contribution >= 0.6 is 11.6 Å². The summed E-state index contributed by atoms with van der Waals surface area (Å²) >= 11 is 5.78. The van der Waals surface area contributed by atoms with E-state index >= 15 is 0 Å². The first-order valence-corrected chi connectivity index (χ1v) is 8.76. The molecule has 1 atom stereocenters. The molecule has 8 heteroatoms. The van der Waals surface area contributed by atoms with Crippen LogP contribution in [0.4, 0.5) is 17.1 Å². The molecule has 27 heavy (non-hydrogen) atoms. The SMILES string of the molecule is Cc1ccc(C)c(N2CC(C(=O)Nc3ccc(Cl)c([N+](=O)[O-])c3)CC2=O)c1. The minimum atomic E-state index is -0.612. The molecule has 1 unspecified atom stereocenters. The molecule has 2 aromatic rings. The summed E-state index contributed by atoms with van der Waals surface area (Å²) in [5, 5.41) is 13.6. The van der Waals surface area contributed by atoms with Crippen molar-refractivity contribution in [2.24, 2.45) is 5.92 Å². The lowest BCUT2D eigenvalue weighted by molar-refractivity contribution is -0.384. The molecule has 140 valence electrons. The van der Waals surface area contributed by atoms with Gasteiger partial charge in [0.2, 0.25) is 11.8 Å². The summed E-state index contributed by atoms with van der Waals surface area (Å²) in [5.41, 5.74) is 2.79. The van der Waals surface area contributed by atoms with Crippen LogP contribution in [0.5, 0.6) is 0 Å². The Morgan fingerprint density at radius 1 is 1.26 bits per heavy atom. The molecular weight excluding hydrogens is 370 g/mol. The number of carbonyl (C=O) groups is 2. The van der Waals surface area contributed by atoms with Gasteiger partial charge in [0.25, 0.3) is 5.69 Å². The number of nitrogens with zero attached hydrogens (tertiary/aromatic N) is 2. The van der Waals surface area contributed by atoms with Gasteiger partial charge in [0, 0.05) is 30.4 Å². The zero-order valence-corrected chi connectivity index (χ0v) is 15.6. The van der Waals surface area contributed by atoms with E-state index < -0.39 is 10.8 Å². The van der Waals surface area contributed by atoms with Crippen LogP contribution in [0, 0.1) is 29.9 Å². The number of nitro groups is 1. The molecule has 7 nitrogen and oxygen atoms in total. The number of nitrogens with one attached hydrogen (secondary N) is 1. The molecule has 1 saturated heterocycles. The van der Waals surface area contributed by atoms with E-state index in [4.69, 9.17) is 11.6 Å². The zero-order chi connectivity index (χ0) is 19.7. The number of rotatable bonds is 4. The first-order chi connectivity index (χ1) is 12.8. The Morgan fingerprint density at radius 3 is 2.70 bits per heavy atom. The topological polar surface area (TPSA) is 92.6 Å². The molecule has 2 aromatic carbocycles. The monoisotopic (exact) mass is 387 g/mol. The molecular formula is C19H18ClN3O4. The molecule has 0 spiro atoms. The number of aryl methyl sites for hydroxylation is 2. The van der Waals surface area contributed by atoms with E-state index in [1.54, 1.807) is 4.90 Å². The van der Waals surface area contributed by atoms with Crippen LogP contribution in [-0.2, 0) is 9.59 Å². The summed E-state index contributed by atoms with van der Waals surface area (Å²) < 4.78 is 0. The maximum Gasteiger partial charge on any atom is 0.289 e. The lowest BCUT2D eigenvalue weighted by Crippen LogP contribution is -2.28. The molecule has 1 aliphatic rings. The summed E-state index contributed by atoms with van der Waals surface area (Å²) in [4.78, 5) is 37.0. The highest BCUT2D eigenvalue weighted by molar-refractivity contribution is 6.32. The minimum absolute atomic E-state index is 0.00450. The van der Waals surface area contributed by atoms with Crippen molar-refractivity contribution < 1.29 is 14.5 Å². The quantitative estimate of drug-likeness (QED) is 0.636. The number of halogens is 1. The van der Waals surface area contributed by atoms with Gasteiger partial charge in [0.15, 0.2) is 0 Å². The summed E-state index contributed by atoms with van der Waals surface area (Å²) in [6.45, 7) is 4.13. The highest BCUT2D eigenvalue weighted by Crippen LogP contribution is 2.31. The highest BCUT2D eigenvalue weighted by atomic mass is 35.5. The average molecular weight is 388 g/mol. The normalized spacial score (nSPS) is 16.5. The van der Waals surface area contributed by atoms with E-state index in [-0.39, 0.29) is 41.2 Å². The molecule has 1 N–H and O–H groups in total. The van der Waals surface area contributed by atoms with Gasteiger partial charge in [-0.1, -0.05) is 23.7 Å². The number of benzene rings is 2. The first kappa shape index (κ1) is 18.8. The Bertz CT molecular complexity index is 945. The number of nitro benzene ring substituents is 1. The molecule has 1 heterocycles. The van der Waals surface area contributed by atoms with Crippen molar-refractivity contribution in [2.45, 2.75) is 20.3 Å². The van der Waals surface area contributed by atoms with E-state index in [0.29, 0.717) is 0 Å². The number of anilines is 2. The van der Waals surface area contributed by atoms with Crippen LogP contribution in [0.1, 0.15) is 17.5 Å². The van der Waals surface area contributed by atoms with Gasteiger partial charge in [-0.15, -0.1) is 0 Å². The van der Waals surface area contributed by atoms with Crippen molar-refractivity contribution >= 4 is 40.5 Å². The zero-order valence-electron chi connectivity index (χ0n) is 14.9. The Morgan fingerprint density at radius 2 is 2.00 bits per heavy atom. The van der Waals surface area contributed by atoms with Crippen LogP contribution in [-0.4, -0.2) is 23.3 Å². The van der Waals surface area contributed by atoms with Gasteiger partial charge in [-0.3, -0.25) is 19.7 Å². The summed E-state index contributed by atoms with van der Waals surface area (Å²) in [6.07, 6.45) is 0.0922. The second kappa shape index (κ2) is 7.36.